The lowest BCUT2D eigenvalue weighted by Crippen LogP contribution is -2.27. The van der Waals surface area contributed by atoms with Gasteiger partial charge in [0.15, 0.2) is 0 Å². The lowest BCUT2D eigenvalue weighted by Gasteiger charge is -2.23. The molecule has 0 atom stereocenters. The van der Waals surface area contributed by atoms with Crippen molar-refractivity contribution in [2.75, 3.05) is 18.0 Å². The number of anilines is 1. The van der Waals surface area contributed by atoms with Gasteiger partial charge in [0.2, 0.25) is 0 Å². The Hall–Kier alpha value is -3.82. The van der Waals surface area contributed by atoms with Crippen molar-refractivity contribution in [2.45, 2.75) is 57.5 Å². The molecule has 10 nitrogen and oxygen atoms in total. The number of nitrogens with one attached hydrogen (secondary N) is 1. The molecule has 1 saturated carbocycles. The Labute approximate surface area is 230 Å². The molecule has 0 bridgehead atoms. The van der Waals surface area contributed by atoms with Gasteiger partial charge < -0.3 is 10.2 Å². The Morgan fingerprint density at radius 3 is 2.27 bits per heavy atom. The maximum atomic E-state index is 13.5. The Kier molecular flexibility index (Phi) is 9.09. The number of hydrogen-bond acceptors (Lipinski definition) is 8. The molecular weight excluding hydrogens is 558 g/mol. The van der Waals surface area contributed by atoms with Crippen molar-refractivity contribution in [3.63, 3.8) is 0 Å². The van der Waals surface area contributed by atoms with Crippen LogP contribution in [0.3, 0.4) is 0 Å². The molecule has 0 unspecified atom stereocenters. The lowest BCUT2D eigenvalue weighted by atomic mass is 10.0. The van der Waals surface area contributed by atoms with Crippen LogP contribution in [0.15, 0.2) is 30.5 Å². The van der Waals surface area contributed by atoms with E-state index in [0.717, 1.165) is 30.4 Å². The van der Waals surface area contributed by atoms with Crippen LogP contribution in [-0.2, 0) is 38.9 Å². The first-order chi connectivity index (χ1) is 19.3. The summed E-state index contributed by atoms with van der Waals surface area (Å²) in [6, 6.07) is 2.59. The third-order valence-corrected chi connectivity index (χ3v) is 6.87. The number of aryl methyl sites for hydroxylation is 1. The summed E-state index contributed by atoms with van der Waals surface area (Å²) in [6.07, 6.45) is -3.83. The zero-order valence-electron chi connectivity index (χ0n) is 22.0. The largest absolute Gasteiger partial charge is 0.416 e. The summed E-state index contributed by atoms with van der Waals surface area (Å²) < 4.78 is 80.8. The topological polar surface area (TPSA) is 115 Å². The first-order valence-electron chi connectivity index (χ1n) is 12.9. The van der Waals surface area contributed by atoms with Crippen LogP contribution in [0.4, 0.5) is 38.0 Å². The molecule has 0 amide bonds. The number of rotatable bonds is 11. The summed E-state index contributed by atoms with van der Waals surface area (Å²) in [4.78, 5) is 17.5. The zero-order chi connectivity index (χ0) is 29.8. The molecule has 16 heteroatoms. The van der Waals surface area contributed by atoms with E-state index in [9.17, 15) is 36.5 Å². The summed E-state index contributed by atoms with van der Waals surface area (Å²) in [5.41, 5.74) is -2.69. The molecule has 0 spiro atoms. The van der Waals surface area contributed by atoms with Gasteiger partial charge in [0.25, 0.3) is 11.6 Å². The van der Waals surface area contributed by atoms with E-state index in [1.165, 1.54) is 30.9 Å². The van der Waals surface area contributed by atoms with Crippen molar-refractivity contribution in [2.24, 2.45) is 13.0 Å². The van der Waals surface area contributed by atoms with Gasteiger partial charge >= 0.3 is 12.4 Å². The van der Waals surface area contributed by atoms with E-state index in [-0.39, 0.29) is 29.8 Å². The summed E-state index contributed by atoms with van der Waals surface area (Å²) in [5.74, 6) is 0.502. The van der Waals surface area contributed by atoms with Crippen molar-refractivity contribution in [3.05, 3.63) is 68.5 Å². The number of pyridine rings is 1. The molecule has 1 aliphatic carbocycles. The normalized spacial score (nSPS) is 14.5. The van der Waals surface area contributed by atoms with Gasteiger partial charge in [-0.15, -0.1) is 5.10 Å². The van der Waals surface area contributed by atoms with Crippen LogP contribution in [0.2, 0.25) is 0 Å². The highest BCUT2D eigenvalue weighted by Crippen LogP contribution is 2.37. The fraction of sp³-hybridized carbons (Fsp3) is 0.520. The van der Waals surface area contributed by atoms with Gasteiger partial charge in [-0.1, -0.05) is 17.9 Å². The molecule has 2 heterocycles. The highest BCUT2D eigenvalue weighted by atomic mass is 19.4. The molecule has 1 aromatic carbocycles. The van der Waals surface area contributed by atoms with E-state index in [1.807, 2.05) is 0 Å². The van der Waals surface area contributed by atoms with E-state index >= 15 is 0 Å². The molecule has 0 saturated heterocycles. The van der Waals surface area contributed by atoms with E-state index in [2.05, 4.69) is 25.7 Å². The van der Waals surface area contributed by atoms with E-state index in [0.29, 0.717) is 42.3 Å². The predicted octanol–water partition coefficient (Wildman–Crippen LogP) is 5.08. The minimum absolute atomic E-state index is 0.0512. The van der Waals surface area contributed by atoms with Crippen LogP contribution in [0, 0.1) is 16.0 Å². The van der Waals surface area contributed by atoms with Crippen LogP contribution < -0.4 is 10.2 Å². The summed E-state index contributed by atoms with van der Waals surface area (Å²) in [5, 5.41) is 26.5. The Balaban J connectivity index is 1.64. The van der Waals surface area contributed by atoms with Gasteiger partial charge in [0.1, 0.15) is 6.20 Å². The van der Waals surface area contributed by atoms with Gasteiger partial charge in [-0.3, -0.25) is 15.1 Å². The van der Waals surface area contributed by atoms with Crippen LogP contribution >= 0.6 is 0 Å². The van der Waals surface area contributed by atoms with Gasteiger partial charge in [0.05, 0.1) is 23.1 Å². The third-order valence-electron chi connectivity index (χ3n) is 6.87. The molecule has 0 aliphatic heterocycles. The molecule has 0 radical (unpaired) electrons. The number of nitro groups is 1. The number of aromatic nitrogens is 5. The highest BCUT2D eigenvalue weighted by Gasteiger charge is 2.37. The second-order valence-corrected chi connectivity index (χ2v) is 10.0. The summed E-state index contributed by atoms with van der Waals surface area (Å²) >= 11 is 0. The molecule has 1 N–H and O–H groups in total. The van der Waals surface area contributed by atoms with Crippen molar-refractivity contribution in [3.8, 4) is 0 Å². The van der Waals surface area contributed by atoms with Crippen molar-refractivity contribution in [1.29, 1.82) is 0 Å². The molecule has 2 aromatic heterocycles. The van der Waals surface area contributed by atoms with Gasteiger partial charge in [-0.05, 0) is 59.8 Å². The Morgan fingerprint density at radius 2 is 1.71 bits per heavy atom. The minimum Gasteiger partial charge on any atom is -0.329 e. The monoisotopic (exact) mass is 586 g/mol. The Bertz CT molecular complexity index is 1320. The lowest BCUT2D eigenvalue weighted by molar-refractivity contribution is -0.385. The zero-order valence-corrected chi connectivity index (χ0v) is 22.0. The molecule has 222 valence electrons. The molecular formula is C25H28F6N8O2. The SMILES string of the molecule is Cn1nnc(N(Cc2cc(C(F)(F)F)cc(C(F)(F)F)c2)Cc2cc([N+](=O)[O-])cnc2CCNCC2CCCC2)n1. The van der Waals surface area contributed by atoms with E-state index in [4.69, 9.17) is 0 Å². The van der Waals surface area contributed by atoms with Crippen LogP contribution in [-0.4, -0.2) is 43.2 Å². The average Bonchev–Trinajstić information content (AvgIpc) is 3.57. The van der Waals surface area contributed by atoms with Crippen molar-refractivity contribution in [1.82, 2.24) is 30.5 Å². The number of alkyl halides is 6. The van der Waals surface area contributed by atoms with Crippen LogP contribution in [0.1, 0.15) is 53.6 Å². The quantitative estimate of drug-likeness (QED) is 0.143. The number of halogens is 6. The number of nitrogens with zero attached hydrogens (tertiary/aromatic N) is 7. The second-order valence-electron chi connectivity index (χ2n) is 10.0. The number of hydrogen-bond donors (Lipinski definition) is 1. The molecule has 1 aliphatic rings. The van der Waals surface area contributed by atoms with Gasteiger partial charge in [-0.25, -0.2) is 0 Å². The van der Waals surface area contributed by atoms with Crippen molar-refractivity contribution >= 4 is 11.6 Å². The number of benzene rings is 1. The smallest absolute Gasteiger partial charge is 0.329 e. The molecule has 3 aromatic rings. The first kappa shape index (κ1) is 30.1. The highest BCUT2D eigenvalue weighted by molar-refractivity contribution is 5.41. The number of tetrazole rings is 1. The minimum atomic E-state index is -5.02. The van der Waals surface area contributed by atoms with Gasteiger partial charge in [-0.2, -0.15) is 31.1 Å². The molecule has 41 heavy (non-hydrogen) atoms. The van der Waals surface area contributed by atoms with E-state index in [1.54, 1.807) is 0 Å². The summed E-state index contributed by atoms with van der Waals surface area (Å²) in [7, 11) is 1.44. The molecule has 4 rings (SSSR count). The second kappa shape index (κ2) is 12.4. The van der Waals surface area contributed by atoms with Crippen LogP contribution in [0.25, 0.3) is 0 Å². The maximum Gasteiger partial charge on any atom is 0.416 e. The fourth-order valence-electron chi connectivity index (χ4n) is 4.85. The fourth-order valence-corrected chi connectivity index (χ4v) is 4.85. The standard InChI is InChI=1S/C25H28F6N8O2/c1-37-35-23(34-36-37)38(14-17-8-19(24(26,27)28)11-20(9-17)25(29,30)31)15-18-10-21(39(40)41)13-33-22(18)6-7-32-12-16-4-2-3-5-16/h8-11,13,16,32H,2-7,12,14-15H2,1H3. The van der Waals surface area contributed by atoms with Crippen molar-refractivity contribution < 1.29 is 31.3 Å². The van der Waals surface area contributed by atoms with Crippen LogP contribution in [0.5, 0.6) is 0 Å². The first-order valence-corrected chi connectivity index (χ1v) is 12.9. The summed E-state index contributed by atoms with van der Waals surface area (Å²) in [6.45, 7) is 0.700. The molecule has 1 fully saturated rings. The average molecular weight is 587 g/mol. The third kappa shape index (κ3) is 8.11. The predicted molar refractivity (Wildman–Crippen MR) is 135 cm³/mol. The Morgan fingerprint density at radius 1 is 1.05 bits per heavy atom. The maximum absolute atomic E-state index is 13.5. The van der Waals surface area contributed by atoms with E-state index < -0.39 is 34.9 Å². The van der Waals surface area contributed by atoms with Gasteiger partial charge in [0, 0.05) is 37.8 Å².